The third kappa shape index (κ3) is 4.65. The van der Waals surface area contributed by atoms with E-state index in [1.165, 1.54) is 19.1 Å². The average Bonchev–Trinajstić information content (AvgIpc) is 2.54. The molecule has 0 spiro atoms. The topological polar surface area (TPSA) is 87.6 Å². The van der Waals surface area contributed by atoms with E-state index < -0.39 is 10.0 Å². The molecule has 1 amide bonds. The number of sulfonamides is 1. The minimum Gasteiger partial charge on any atom is -0.326 e. The van der Waals surface area contributed by atoms with Crippen LogP contribution in [0, 0.1) is 0 Å². The lowest BCUT2D eigenvalue weighted by molar-refractivity contribution is -0.114. The number of hydrazone groups is 1. The molecule has 0 unspecified atom stereocenters. The zero-order chi connectivity index (χ0) is 16.9. The lowest BCUT2D eigenvalue weighted by Crippen LogP contribution is -2.19. The van der Waals surface area contributed by atoms with E-state index in [0.29, 0.717) is 11.4 Å². The van der Waals surface area contributed by atoms with Crippen LogP contribution in [0.1, 0.15) is 19.4 Å². The zero-order valence-corrected chi connectivity index (χ0v) is 13.6. The van der Waals surface area contributed by atoms with E-state index in [4.69, 9.17) is 0 Å². The Balaban J connectivity index is 2.12. The number of carbonyl (C=O) groups excluding carboxylic acids is 1. The molecule has 6 nitrogen and oxygen atoms in total. The largest absolute Gasteiger partial charge is 0.326 e. The Morgan fingerprint density at radius 3 is 2.13 bits per heavy atom. The first kappa shape index (κ1) is 16.7. The fourth-order valence-corrected chi connectivity index (χ4v) is 2.72. The van der Waals surface area contributed by atoms with Crippen LogP contribution in [0.3, 0.4) is 0 Å². The number of carbonyl (C=O) groups is 1. The molecular weight excluding hydrogens is 314 g/mol. The van der Waals surface area contributed by atoms with Crippen molar-refractivity contribution in [3.05, 3.63) is 60.2 Å². The first-order valence-electron chi connectivity index (χ1n) is 6.87. The minimum atomic E-state index is -3.68. The van der Waals surface area contributed by atoms with Gasteiger partial charge in [-0.25, -0.2) is 0 Å². The highest BCUT2D eigenvalue weighted by Gasteiger charge is 2.12. The Hall–Kier alpha value is -2.67. The summed E-state index contributed by atoms with van der Waals surface area (Å²) in [6.07, 6.45) is 0. The van der Waals surface area contributed by atoms with Crippen molar-refractivity contribution in [2.75, 3.05) is 5.32 Å². The Morgan fingerprint density at radius 1 is 0.957 bits per heavy atom. The summed E-state index contributed by atoms with van der Waals surface area (Å²) in [6.45, 7) is 3.12. The number of nitrogens with one attached hydrogen (secondary N) is 2. The number of hydrogen-bond acceptors (Lipinski definition) is 4. The molecule has 0 fully saturated rings. The summed E-state index contributed by atoms with van der Waals surface area (Å²) in [4.78, 5) is 13.3. The van der Waals surface area contributed by atoms with E-state index in [1.54, 1.807) is 49.4 Å². The summed E-state index contributed by atoms with van der Waals surface area (Å²) in [5, 5.41) is 6.58. The summed E-state index contributed by atoms with van der Waals surface area (Å²) >= 11 is 0. The molecule has 2 N–H and O–H groups in total. The molecule has 0 aliphatic carbocycles. The molecule has 2 aromatic rings. The van der Waals surface area contributed by atoms with Gasteiger partial charge in [-0.2, -0.15) is 18.4 Å². The van der Waals surface area contributed by atoms with Crippen LogP contribution in [0.25, 0.3) is 0 Å². The second-order valence-corrected chi connectivity index (χ2v) is 6.52. The lowest BCUT2D eigenvalue weighted by atomic mass is 10.1. The highest BCUT2D eigenvalue weighted by Crippen LogP contribution is 2.11. The number of benzene rings is 2. The summed E-state index contributed by atoms with van der Waals surface area (Å²) in [6, 6.07) is 15.0. The Morgan fingerprint density at radius 2 is 1.57 bits per heavy atom. The Kier molecular flexibility index (Phi) is 5.13. The van der Waals surface area contributed by atoms with Gasteiger partial charge in [-0.15, -0.1) is 0 Å². The number of amides is 1. The summed E-state index contributed by atoms with van der Waals surface area (Å²) in [5.41, 5.74) is 1.92. The van der Waals surface area contributed by atoms with Crippen molar-refractivity contribution < 1.29 is 13.2 Å². The third-order valence-corrected chi connectivity index (χ3v) is 4.23. The number of anilines is 1. The summed E-state index contributed by atoms with van der Waals surface area (Å²) in [5.74, 6) is -0.154. The van der Waals surface area contributed by atoms with E-state index in [2.05, 4.69) is 15.2 Å². The molecule has 0 aliphatic rings. The molecule has 0 aliphatic heterocycles. The molecule has 0 atom stereocenters. The van der Waals surface area contributed by atoms with Crippen molar-refractivity contribution in [1.29, 1.82) is 0 Å². The van der Waals surface area contributed by atoms with Gasteiger partial charge in [0.25, 0.3) is 10.0 Å². The Labute approximate surface area is 135 Å². The smallest absolute Gasteiger partial charge is 0.276 e. The number of hydrogen-bond donors (Lipinski definition) is 2. The molecule has 2 rings (SSSR count). The SMILES string of the molecule is CC(=O)Nc1ccc(/C(C)=N\NS(=O)(=O)c2ccccc2)cc1. The van der Waals surface area contributed by atoms with Gasteiger partial charge in [-0.3, -0.25) is 4.79 Å². The maximum absolute atomic E-state index is 12.1. The lowest BCUT2D eigenvalue weighted by Gasteiger charge is -2.06. The maximum Gasteiger partial charge on any atom is 0.276 e. The zero-order valence-electron chi connectivity index (χ0n) is 12.8. The van der Waals surface area contributed by atoms with E-state index in [1.807, 2.05) is 0 Å². The predicted molar refractivity (Wildman–Crippen MR) is 89.7 cm³/mol. The van der Waals surface area contributed by atoms with Crippen molar-refractivity contribution in [3.63, 3.8) is 0 Å². The standard InChI is InChI=1S/C16H17N3O3S/c1-12(14-8-10-15(11-9-14)17-13(2)20)18-19-23(21,22)16-6-4-3-5-7-16/h3-11,19H,1-2H3,(H,17,20)/b18-12-. The van der Waals surface area contributed by atoms with Crippen LogP contribution in [0.2, 0.25) is 0 Å². The van der Waals surface area contributed by atoms with Crippen molar-refractivity contribution in [2.45, 2.75) is 18.7 Å². The van der Waals surface area contributed by atoms with Gasteiger partial charge < -0.3 is 5.32 Å². The molecule has 0 aromatic heterocycles. The van der Waals surface area contributed by atoms with E-state index in [0.717, 1.165) is 5.56 Å². The fourth-order valence-electron chi connectivity index (χ4n) is 1.84. The first-order chi connectivity index (χ1) is 10.9. The van der Waals surface area contributed by atoms with Crippen molar-refractivity contribution in [1.82, 2.24) is 4.83 Å². The second-order valence-electron chi connectivity index (χ2n) is 4.86. The third-order valence-electron chi connectivity index (χ3n) is 3.01. The van der Waals surface area contributed by atoms with Crippen LogP contribution in [-0.4, -0.2) is 20.0 Å². The quantitative estimate of drug-likeness (QED) is 0.651. The van der Waals surface area contributed by atoms with Crippen molar-refractivity contribution >= 4 is 27.3 Å². The van der Waals surface area contributed by atoms with Crippen molar-refractivity contribution in [3.8, 4) is 0 Å². The van der Waals surface area contributed by atoms with Crippen LogP contribution in [0.15, 0.2) is 64.6 Å². The highest BCUT2D eigenvalue weighted by atomic mass is 32.2. The van der Waals surface area contributed by atoms with E-state index in [9.17, 15) is 13.2 Å². The molecule has 0 saturated carbocycles. The van der Waals surface area contributed by atoms with Crippen molar-refractivity contribution in [2.24, 2.45) is 5.10 Å². The maximum atomic E-state index is 12.1. The van der Waals surface area contributed by atoms with Crippen LogP contribution in [0.4, 0.5) is 5.69 Å². The van der Waals surface area contributed by atoms with Crippen LogP contribution < -0.4 is 10.1 Å². The summed E-state index contributed by atoms with van der Waals surface area (Å²) in [7, 11) is -3.68. The molecule has 0 saturated heterocycles. The van der Waals surface area contributed by atoms with Gasteiger partial charge in [-0.1, -0.05) is 30.3 Å². The predicted octanol–water partition coefficient (Wildman–Crippen LogP) is 2.35. The number of rotatable bonds is 5. The van der Waals surface area contributed by atoms with E-state index in [-0.39, 0.29) is 10.8 Å². The Bertz CT molecular complexity index is 813. The average molecular weight is 331 g/mol. The van der Waals surface area contributed by atoms with Gasteiger partial charge in [0, 0.05) is 12.6 Å². The van der Waals surface area contributed by atoms with Crippen LogP contribution >= 0.6 is 0 Å². The first-order valence-corrected chi connectivity index (χ1v) is 8.36. The highest BCUT2D eigenvalue weighted by molar-refractivity contribution is 7.89. The normalized spacial score (nSPS) is 11.8. The van der Waals surface area contributed by atoms with Gasteiger partial charge in [0.15, 0.2) is 0 Å². The molecule has 2 aromatic carbocycles. The fraction of sp³-hybridized carbons (Fsp3) is 0.125. The van der Waals surface area contributed by atoms with Crippen LogP contribution in [0.5, 0.6) is 0 Å². The molecule has 0 heterocycles. The van der Waals surface area contributed by atoms with Gasteiger partial charge in [0.1, 0.15) is 0 Å². The molecule has 0 radical (unpaired) electrons. The van der Waals surface area contributed by atoms with Gasteiger partial charge in [0.2, 0.25) is 5.91 Å². The molecule has 23 heavy (non-hydrogen) atoms. The van der Waals surface area contributed by atoms with Gasteiger partial charge >= 0.3 is 0 Å². The summed E-state index contributed by atoms with van der Waals surface area (Å²) < 4.78 is 24.2. The van der Waals surface area contributed by atoms with Gasteiger partial charge in [-0.05, 0) is 36.8 Å². The molecule has 7 heteroatoms. The second kappa shape index (κ2) is 7.06. The molecular formula is C16H17N3O3S. The minimum absolute atomic E-state index is 0.151. The molecule has 0 bridgehead atoms. The molecule has 120 valence electrons. The van der Waals surface area contributed by atoms with Crippen LogP contribution in [-0.2, 0) is 14.8 Å². The van der Waals surface area contributed by atoms with Gasteiger partial charge in [0.05, 0.1) is 10.6 Å². The van der Waals surface area contributed by atoms with E-state index >= 15 is 0 Å². The number of nitrogens with zero attached hydrogens (tertiary/aromatic N) is 1. The monoisotopic (exact) mass is 331 g/mol.